The highest BCUT2D eigenvalue weighted by atomic mass is 15.1. The number of fused-ring (bicyclic) bond motifs is 10. The zero-order valence-corrected chi connectivity index (χ0v) is 32.9. The molecule has 4 fully saturated rings. The van der Waals surface area contributed by atoms with E-state index in [1.54, 1.807) is 11.1 Å². The molecule has 0 amide bonds. The van der Waals surface area contributed by atoms with Crippen molar-refractivity contribution in [3.8, 4) is 33.4 Å². The zero-order chi connectivity index (χ0) is 38.5. The molecule has 1 nitrogen and oxygen atoms in total. The van der Waals surface area contributed by atoms with Crippen molar-refractivity contribution in [2.75, 3.05) is 4.90 Å². The van der Waals surface area contributed by atoms with Gasteiger partial charge < -0.3 is 4.90 Å². The summed E-state index contributed by atoms with van der Waals surface area (Å²) in [5.41, 5.74) is 20.5. The molecule has 6 aliphatic rings. The van der Waals surface area contributed by atoms with Gasteiger partial charge in [-0.2, -0.15) is 0 Å². The maximum Gasteiger partial charge on any atom is 0.0714 e. The maximum absolute atomic E-state index is 2.57. The van der Waals surface area contributed by atoms with Gasteiger partial charge in [0.15, 0.2) is 0 Å². The van der Waals surface area contributed by atoms with Gasteiger partial charge in [-0.3, -0.25) is 0 Å². The van der Waals surface area contributed by atoms with E-state index in [0.717, 1.165) is 29.4 Å². The van der Waals surface area contributed by atoms with Crippen molar-refractivity contribution in [2.24, 2.45) is 29.1 Å². The smallest absolute Gasteiger partial charge is 0.0714 e. The van der Waals surface area contributed by atoms with E-state index in [1.165, 1.54) is 86.3 Å². The van der Waals surface area contributed by atoms with E-state index in [4.69, 9.17) is 0 Å². The Hall–Kier alpha value is -6.44. The summed E-state index contributed by atoms with van der Waals surface area (Å²) in [6.07, 6.45) is 4.29. The highest BCUT2D eigenvalue weighted by Gasteiger charge is 2.90. The zero-order valence-electron chi connectivity index (χ0n) is 32.9. The average Bonchev–Trinajstić information content (AvgIpc) is 3.75. The van der Waals surface area contributed by atoms with Crippen LogP contribution < -0.4 is 4.90 Å². The number of para-hydroxylation sites is 1. The third-order valence-electron chi connectivity index (χ3n) is 16.6. The van der Waals surface area contributed by atoms with Gasteiger partial charge in [0.25, 0.3) is 0 Å². The lowest BCUT2D eigenvalue weighted by Crippen LogP contribution is -2.88. The van der Waals surface area contributed by atoms with Crippen LogP contribution in [-0.2, 0) is 10.8 Å². The minimum absolute atomic E-state index is 0.142. The number of benzene rings is 8. The molecular weight excluding hydrogens is 711 g/mol. The van der Waals surface area contributed by atoms with Gasteiger partial charge in [0.05, 0.1) is 5.41 Å². The van der Waals surface area contributed by atoms with Crippen LogP contribution in [0.2, 0.25) is 0 Å². The van der Waals surface area contributed by atoms with Crippen LogP contribution in [0.15, 0.2) is 200 Å². The van der Waals surface area contributed by atoms with Crippen LogP contribution in [0.4, 0.5) is 17.1 Å². The van der Waals surface area contributed by atoms with Crippen molar-refractivity contribution in [1.29, 1.82) is 0 Å². The second-order valence-electron chi connectivity index (χ2n) is 18.3. The number of nitrogens with zero attached hydrogens (tertiary/aromatic N) is 1. The molecule has 8 aromatic carbocycles. The van der Waals surface area contributed by atoms with Crippen LogP contribution in [0, 0.1) is 29.1 Å². The van der Waals surface area contributed by atoms with Crippen LogP contribution >= 0.6 is 0 Å². The summed E-state index contributed by atoms with van der Waals surface area (Å²) in [5.74, 6) is 3.51. The number of rotatable bonds is 6. The molecule has 0 saturated heterocycles. The lowest BCUT2D eigenvalue weighted by Gasteiger charge is -2.92. The molecule has 4 saturated carbocycles. The van der Waals surface area contributed by atoms with Crippen LogP contribution in [0.1, 0.15) is 52.6 Å². The SMILES string of the molecule is c1ccc(-c2cccc3c2-c2cc(N(c4ccccc4)c4ccc5c(c4)C(c4ccccc4)(c4ccccc4)c4ccccc4-5)ccc2C32C3CC4CC5CC2C453)cc1. The lowest BCUT2D eigenvalue weighted by atomic mass is 9.11. The molecule has 0 bridgehead atoms. The van der Waals surface area contributed by atoms with Crippen LogP contribution in [0.5, 0.6) is 0 Å². The predicted octanol–water partition coefficient (Wildman–Crippen LogP) is 14.1. The first kappa shape index (κ1) is 32.5. The van der Waals surface area contributed by atoms with E-state index < -0.39 is 5.41 Å². The van der Waals surface area contributed by atoms with Gasteiger partial charge >= 0.3 is 0 Å². The Morgan fingerprint density at radius 3 is 1.63 bits per heavy atom. The quantitative estimate of drug-likeness (QED) is 0.163. The molecule has 0 radical (unpaired) electrons. The highest BCUT2D eigenvalue weighted by Crippen LogP contribution is 2.95. The average molecular weight is 754 g/mol. The fourth-order valence-electron chi connectivity index (χ4n) is 14.6. The van der Waals surface area contributed by atoms with Gasteiger partial charge in [0.1, 0.15) is 0 Å². The molecule has 6 aliphatic carbocycles. The van der Waals surface area contributed by atoms with Crippen molar-refractivity contribution in [1.82, 2.24) is 0 Å². The molecule has 59 heavy (non-hydrogen) atoms. The second kappa shape index (κ2) is 11.4. The van der Waals surface area contributed by atoms with E-state index in [2.05, 4.69) is 205 Å². The van der Waals surface area contributed by atoms with Gasteiger partial charge in [-0.05, 0) is 152 Å². The first-order valence-electron chi connectivity index (χ1n) is 21.8. The Kier molecular flexibility index (Phi) is 6.28. The van der Waals surface area contributed by atoms with Crippen molar-refractivity contribution in [3.63, 3.8) is 0 Å². The summed E-state index contributed by atoms with van der Waals surface area (Å²) in [5, 5.41) is 0. The van der Waals surface area contributed by atoms with Crippen LogP contribution in [0.25, 0.3) is 33.4 Å². The summed E-state index contributed by atoms with van der Waals surface area (Å²) in [6.45, 7) is 0. The van der Waals surface area contributed by atoms with E-state index >= 15 is 0 Å². The predicted molar refractivity (Wildman–Crippen MR) is 240 cm³/mol. The topological polar surface area (TPSA) is 3.24 Å². The summed E-state index contributed by atoms with van der Waals surface area (Å²) in [4.78, 5) is 2.52. The molecule has 0 aliphatic heterocycles. The molecule has 8 aromatic rings. The molecular formula is C58H43N. The molecule has 4 unspecified atom stereocenters. The van der Waals surface area contributed by atoms with Crippen molar-refractivity contribution in [2.45, 2.75) is 30.1 Å². The van der Waals surface area contributed by atoms with Crippen molar-refractivity contribution >= 4 is 17.1 Å². The van der Waals surface area contributed by atoms with Gasteiger partial charge in [-0.15, -0.1) is 0 Å². The number of anilines is 3. The summed E-state index contributed by atoms with van der Waals surface area (Å²) in [6, 6.07) is 75.8. The maximum atomic E-state index is 2.57. The molecule has 4 atom stereocenters. The fourth-order valence-corrected chi connectivity index (χ4v) is 14.6. The van der Waals surface area contributed by atoms with Gasteiger partial charge in [-0.1, -0.05) is 164 Å². The van der Waals surface area contributed by atoms with E-state index in [9.17, 15) is 0 Å². The Labute approximate surface area is 346 Å². The normalized spacial score (nSPS) is 26.0. The monoisotopic (exact) mass is 753 g/mol. The molecule has 0 aromatic heterocycles. The third kappa shape index (κ3) is 3.72. The molecule has 1 heteroatoms. The first-order valence-corrected chi connectivity index (χ1v) is 21.8. The van der Waals surface area contributed by atoms with Gasteiger partial charge in [0, 0.05) is 22.5 Å². The lowest BCUT2D eigenvalue weighted by molar-refractivity contribution is -0.412. The first-order chi connectivity index (χ1) is 29.2. The van der Waals surface area contributed by atoms with Gasteiger partial charge in [0.2, 0.25) is 0 Å². The standard InChI is InChI=1S/C58H43N/c1-5-16-37(17-6-1)45-25-15-27-51-55(45)48-35-43(29-31-50(48)58(51)53-33-40-32-41-34-54(58)57(40,41)53)59(42-22-11-4-12-23-42)44-28-30-47-46-24-13-14-26-49(46)56(52(47)36-44,38-18-7-2-8-19-38)39-20-9-3-10-21-39/h1-31,35-36,40-41,53-54H,32-34H2. The largest absolute Gasteiger partial charge is 0.310 e. The van der Waals surface area contributed by atoms with Crippen LogP contribution in [0.3, 0.4) is 0 Å². The summed E-state index contributed by atoms with van der Waals surface area (Å²) >= 11 is 0. The third-order valence-corrected chi connectivity index (χ3v) is 16.6. The molecule has 14 rings (SSSR count). The van der Waals surface area contributed by atoms with Crippen molar-refractivity contribution in [3.05, 3.63) is 234 Å². The minimum atomic E-state index is -0.469. The molecule has 280 valence electrons. The number of hydrogen-bond acceptors (Lipinski definition) is 1. The van der Waals surface area contributed by atoms with Crippen molar-refractivity contribution < 1.29 is 0 Å². The Bertz CT molecular complexity index is 2940. The minimum Gasteiger partial charge on any atom is -0.310 e. The van der Waals surface area contributed by atoms with E-state index in [-0.39, 0.29) is 5.41 Å². The highest BCUT2D eigenvalue weighted by molar-refractivity contribution is 5.97. The van der Waals surface area contributed by atoms with E-state index in [0.29, 0.717) is 5.41 Å². The molecule has 2 spiro atoms. The second-order valence-corrected chi connectivity index (χ2v) is 18.3. The number of hydrogen-bond donors (Lipinski definition) is 0. The summed E-state index contributed by atoms with van der Waals surface area (Å²) in [7, 11) is 0. The Morgan fingerprint density at radius 1 is 0.373 bits per heavy atom. The van der Waals surface area contributed by atoms with E-state index in [1.807, 2.05) is 0 Å². The molecule has 0 heterocycles. The Morgan fingerprint density at radius 2 is 0.932 bits per heavy atom. The molecule has 0 N–H and O–H groups in total. The fraction of sp³-hybridized carbons (Fsp3) is 0.172. The van der Waals surface area contributed by atoms with Gasteiger partial charge in [-0.25, -0.2) is 0 Å². The van der Waals surface area contributed by atoms with Crippen LogP contribution in [-0.4, -0.2) is 0 Å². The summed E-state index contributed by atoms with van der Waals surface area (Å²) < 4.78 is 0. The Balaban J connectivity index is 1.00.